The Bertz CT molecular complexity index is 1500. The van der Waals surface area contributed by atoms with Crippen molar-refractivity contribution in [3.05, 3.63) is 118 Å². The minimum atomic E-state index is -0.445. The average Bonchev–Trinajstić information content (AvgIpc) is 3.44. The molecule has 0 bridgehead atoms. The fraction of sp³-hybridized carbons (Fsp3) is 0.156. The zero-order chi connectivity index (χ0) is 28.5. The third-order valence-electron chi connectivity index (χ3n) is 5.88. The quantitative estimate of drug-likeness (QED) is 0.138. The van der Waals surface area contributed by atoms with Crippen molar-refractivity contribution in [1.29, 1.82) is 0 Å². The lowest BCUT2D eigenvalue weighted by Crippen LogP contribution is -2.30. The Morgan fingerprint density at radius 1 is 0.850 bits per heavy atom. The first kappa shape index (κ1) is 28.9. The van der Waals surface area contributed by atoms with Gasteiger partial charge in [0.25, 0.3) is 11.8 Å². The van der Waals surface area contributed by atoms with Gasteiger partial charge in [-0.3, -0.25) is 14.4 Å². The summed E-state index contributed by atoms with van der Waals surface area (Å²) in [6.45, 7) is 5.98. The monoisotopic (exact) mass is 569 g/mol. The standard InChI is InChI=1S/C32H31N3O3S2/c1-4-29(32(38)34-25-17-21(2)16-22(3)18-25)40-27-13-8-12-24(19-27)33-31(37)28(20-26-14-9-15-39-26)35-30(36)23-10-6-5-7-11-23/h5-20,29H,4H2,1-3H3,(H,33,37)(H,34,38)(H,35,36)/b28-20-. The second-order valence-electron chi connectivity index (χ2n) is 9.26. The van der Waals surface area contributed by atoms with E-state index >= 15 is 0 Å². The van der Waals surface area contributed by atoms with Crippen molar-refractivity contribution < 1.29 is 14.4 Å². The lowest BCUT2D eigenvalue weighted by Gasteiger charge is -2.16. The molecule has 0 aliphatic heterocycles. The molecule has 3 N–H and O–H groups in total. The van der Waals surface area contributed by atoms with Gasteiger partial charge in [-0.25, -0.2) is 0 Å². The van der Waals surface area contributed by atoms with E-state index in [1.54, 1.807) is 36.4 Å². The molecular weight excluding hydrogens is 539 g/mol. The molecule has 1 heterocycles. The number of aryl methyl sites for hydroxylation is 2. The normalized spacial score (nSPS) is 11.9. The van der Waals surface area contributed by atoms with E-state index in [1.165, 1.54) is 23.1 Å². The highest BCUT2D eigenvalue weighted by molar-refractivity contribution is 8.00. The Kier molecular flexibility index (Phi) is 9.94. The van der Waals surface area contributed by atoms with Crippen LogP contribution in [0.1, 0.15) is 39.7 Å². The lowest BCUT2D eigenvalue weighted by molar-refractivity contribution is -0.116. The van der Waals surface area contributed by atoms with E-state index < -0.39 is 5.91 Å². The number of hydrogen-bond donors (Lipinski definition) is 3. The van der Waals surface area contributed by atoms with Crippen LogP contribution in [-0.2, 0) is 9.59 Å². The van der Waals surface area contributed by atoms with Gasteiger partial charge in [-0.05, 0) is 91.4 Å². The van der Waals surface area contributed by atoms with E-state index in [0.717, 1.165) is 26.6 Å². The van der Waals surface area contributed by atoms with Gasteiger partial charge in [-0.15, -0.1) is 23.1 Å². The van der Waals surface area contributed by atoms with Gasteiger partial charge in [-0.1, -0.05) is 43.3 Å². The molecule has 0 saturated heterocycles. The summed E-state index contributed by atoms with van der Waals surface area (Å²) in [5.41, 5.74) is 4.11. The minimum Gasteiger partial charge on any atom is -0.325 e. The fourth-order valence-electron chi connectivity index (χ4n) is 4.06. The van der Waals surface area contributed by atoms with Crippen LogP contribution < -0.4 is 16.0 Å². The second-order valence-corrected chi connectivity index (χ2v) is 11.5. The molecule has 4 rings (SSSR count). The second kappa shape index (κ2) is 13.8. The topological polar surface area (TPSA) is 87.3 Å². The van der Waals surface area contributed by atoms with E-state index in [0.29, 0.717) is 17.7 Å². The van der Waals surface area contributed by atoms with Crippen LogP contribution in [0.15, 0.2) is 101 Å². The van der Waals surface area contributed by atoms with Gasteiger partial charge in [0.15, 0.2) is 0 Å². The lowest BCUT2D eigenvalue weighted by atomic mass is 10.1. The molecule has 8 heteroatoms. The van der Waals surface area contributed by atoms with E-state index in [9.17, 15) is 14.4 Å². The number of nitrogens with one attached hydrogen (secondary N) is 3. The number of thiophene rings is 1. The molecule has 0 aliphatic carbocycles. The molecule has 1 unspecified atom stereocenters. The summed E-state index contributed by atoms with van der Waals surface area (Å²) in [7, 11) is 0. The van der Waals surface area contributed by atoms with Crippen LogP contribution in [0.4, 0.5) is 11.4 Å². The minimum absolute atomic E-state index is 0.0725. The first-order chi connectivity index (χ1) is 19.3. The summed E-state index contributed by atoms with van der Waals surface area (Å²) in [6, 6.07) is 25.8. The fourth-order valence-corrected chi connectivity index (χ4v) is 5.73. The number of hydrogen-bond acceptors (Lipinski definition) is 5. The van der Waals surface area contributed by atoms with Gasteiger partial charge in [0, 0.05) is 26.7 Å². The van der Waals surface area contributed by atoms with Crippen LogP contribution >= 0.6 is 23.1 Å². The van der Waals surface area contributed by atoms with Crippen LogP contribution in [0.25, 0.3) is 6.08 Å². The van der Waals surface area contributed by atoms with Crippen LogP contribution in [-0.4, -0.2) is 23.0 Å². The largest absolute Gasteiger partial charge is 0.325 e. The van der Waals surface area contributed by atoms with Crippen LogP contribution in [0.3, 0.4) is 0 Å². The number of benzene rings is 3. The van der Waals surface area contributed by atoms with Crippen LogP contribution in [0.5, 0.6) is 0 Å². The third-order valence-corrected chi connectivity index (χ3v) is 8.06. The maximum atomic E-state index is 13.3. The van der Waals surface area contributed by atoms with Gasteiger partial charge in [0.1, 0.15) is 5.70 Å². The highest BCUT2D eigenvalue weighted by atomic mass is 32.2. The highest BCUT2D eigenvalue weighted by Crippen LogP contribution is 2.29. The Labute approximate surface area is 242 Å². The first-order valence-electron chi connectivity index (χ1n) is 12.9. The van der Waals surface area contributed by atoms with Gasteiger partial charge < -0.3 is 16.0 Å². The Morgan fingerprint density at radius 3 is 2.27 bits per heavy atom. The van der Waals surface area contributed by atoms with Crippen molar-refractivity contribution in [3.8, 4) is 0 Å². The zero-order valence-corrected chi connectivity index (χ0v) is 24.2. The predicted molar refractivity (Wildman–Crippen MR) is 166 cm³/mol. The highest BCUT2D eigenvalue weighted by Gasteiger charge is 2.19. The zero-order valence-electron chi connectivity index (χ0n) is 22.6. The Morgan fingerprint density at radius 2 is 1.60 bits per heavy atom. The summed E-state index contributed by atoms with van der Waals surface area (Å²) in [5, 5.41) is 10.3. The molecule has 3 amide bonds. The summed E-state index contributed by atoms with van der Waals surface area (Å²) in [6.07, 6.45) is 2.29. The van der Waals surface area contributed by atoms with Crippen molar-refractivity contribution >= 4 is 58.3 Å². The summed E-state index contributed by atoms with van der Waals surface area (Å²) >= 11 is 2.91. The Hall–Kier alpha value is -4.14. The molecule has 3 aromatic carbocycles. The smallest absolute Gasteiger partial charge is 0.272 e. The average molecular weight is 570 g/mol. The predicted octanol–water partition coefficient (Wildman–Crippen LogP) is 7.28. The molecule has 4 aromatic rings. The van der Waals surface area contributed by atoms with Crippen LogP contribution in [0.2, 0.25) is 0 Å². The number of thioether (sulfide) groups is 1. The van der Waals surface area contributed by atoms with Crippen molar-refractivity contribution in [3.63, 3.8) is 0 Å². The first-order valence-corrected chi connectivity index (χ1v) is 14.7. The number of carbonyl (C=O) groups excluding carboxylic acids is 3. The molecule has 0 spiro atoms. The van der Waals surface area contributed by atoms with Gasteiger partial charge in [0.05, 0.1) is 5.25 Å². The van der Waals surface area contributed by atoms with Gasteiger partial charge in [0.2, 0.25) is 5.91 Å². The van der Waals surface area contributed by atoms with Gasteiger partial charge in [-0.2, -0.15) is 0 Å². The number of rotatable bonds is 10. The molecule has 0 fully saturated rings. The molecule has 204 valence electrons. The molecule has 0 radical (unpaired) electrons. The van der Waals surface area contributed by atoms with E-state index in [4.69, 9.17) is 0 Å². The van der Waals surface area contributed by atoms with E-state index in [-0.39, 0.29) is 22.8 Å². The van der Waals surface area contributed by atoms with Crippen LogP contribution in [0, 0.1) is 13.8 Å². The summed E-state index contributed by atoms with van der Waals surface area (Å²) in [5.74, 6) is -0.889. The maximum Gasteiger partial charge on any atom is 0.272 e. The molecule has 0 saturated carbocycles. The SMILES string of the molecule is CCC(Sc1cccc(NC(=O)/C(=C/c2cccs2)NC(=O)c2ccccc2)c1)C(=O)Nc1cc(C)cc(C)c1. The molecule has 6 nitrogen and oxygen atoms in total. The molecular formula is C32H31N3O3S2. The number of amides is 3. The number of carbonyl (C=O) groups is 3. The van der Waals surface area contributed by atoms with Gasteiger partial charge >= 0.3 is 0 Å². The maximum absolute atomic E-state index is 13.3. The molecule has 1 aromatic heterocycles. The van der Waals surface area contributed by atoms with E-state index in [1.807, 2.05) is 74.7 Å². The number of anilines is 2. The summed E-state index contributed by atoms with van der Waals surface area (Å²) < 4.78 is 0. The molecule has 0 aliphatic rings. The van der Waals surface area contributed by atoms with E-state index in [2.05, 4.69) is 22.0 Å². The molecule has 1 atom stereocenters. The van der Waals surface area contributed by atoms with Crippen molar-refractivity contribution in [2.75, 3.05) is 10.6 Å². The Balaban J connectivity index is 1.47. The van der Waals surface area contributed by atoms with Crippen molar-refractivity contribution in [2.24, 2.45) is 0 Å². The molecule has 40 heavy (non-hydrogen) atoms. The van der Waals surface area contributed by atoms with Crippen molar-refractivity contribution in [2.45, 2.75) is 37.3 Å². The third kappa shape index (κ3) is 8.18. The summed E-state index contributed by atoms with van der Waals surface area (Å²) in [4.78, 5) is 40.8. The van der Waals surface area contributed by atoms with Crippen molar-refractivity contribution in [1.82, 2.24) is 5.32 Å².